The number of hydrogen-bond donors (Lipinski definition) is 0. The van der Waals surface area contributed by atoms with Crippen molar-refractivity contribution in [3.63, 3.8) is 0 Å². The third-order valence-corrected chi connectivity index (χ3v) is 0.948. The van der Waals surface area contributed by atoms with Crippen molar-refractivity contribution in [2.24, 2.45) is 5.92 Å². The van der Waals surface area contributed by atoms with Crippen molar-refractivity contribution >= 4 is 0 Å². The molecule has 0 fully saturated rings. The number of rotatable bonds is 6. The Morgan fingerprint density at radius 3 is 2.43 bits per heavy atom. The summed E-state index contributed by atoms with van der Waals surface area (Å²) >= 11 is 0. The Labute approximate surface area is 87.0 Å². The second-order valence-electron chi connectivity index (χ2n) is 4.25. The van der Waals surface area contributed by atoms with Crippen LogP contribution < -0.4 is 0 Å². The zero-order chi connectivity index (χ0) is 11.0. The zero-order valence-corrected chi connectivity index (χ0v) is 9.66. The summed E-state index contributed by atoms with van der Waals surface area (Å²) in [5, 5.41) is 0. The smallest absolute Gasteiger partial charge is 0.135 e. The fourth-order valence-corrected chi connectivity index (χ4v) is 0.514. The maximum absolute atomic E-state index is 5.05. The molecular weight excluding hydrogens is 180 g/mol. The van der Waals surface area contributed by atoms with E-state index in [1.54, 1.807) is 6.08 Å². The van der Waals surface area contributed by atoms with Crippen LogP contribution in [0.5, 0.6) is 0 Å². The Kier molecular flexibility index (Phi) is 6.58. The predicted octanol–water partition coefficient (Wildman–Crippen LogP) is 2.96. The van der Waals surface area contributed by atoms with Crippen LogP contribution in [0.3, 0.4) is 0 Å². The predicted molar refractivity (Wildman–Crippen MR) is 55.1 cm³/mol. The first-order valence-electron chi connectivity index (χ1n) is 4.78. The zero-order valence-electron chi connectivity index (χ0n) is 9.66. The Morgan fingerprint density at radius 2 is 1.93 bits per heavy atom. The molecule has 0 aliphatic carbocycles. The van der Waals surface area contributed by atoms with E-state index in [-0.39, 0.29) is 5.60 Å². The molecule has 0 heterocycles. The minimum atomic E-state index is -0.290. The van der Waals surface area contributed by atoms with Gasteiger partial charge in [-0.2, -0.15) is 4.89 Å². The second kappa shape index (κ2) is 6.85. The van der Waals surface area contributed by atoms with E-state index in [0.717, 1.165) is 0 Å². The Balaban J connectivity index is 3.29. The van der Waals surface area contributed by atoms with Crippen LogP contribution in [0.2, 0.25) is 0 Å². The molecule has 0 aromatic carbocycles. The molecule has 0 aliphatic heterocycles. The van der Waals surface area contributed by atoms with Gasteiger partial charge in [0.15, 0.2) is 0 Å². The lowest BCUT2D eigenvalue weighted by Crippen LogP contribution is -2.17. The molecule has 0 unspecified atom stereocenters. The maximum Gasteiger partial charge on any atom is 0.135 e. The minimum absolute atomic E-state index is 0.290. The first-order valence-corrected chi connectivity index (χ1v) is 4.78. The van der Waals surface area contributed by atoms with Gasteiger partial charge < -0.3 is 9.62 Å². The molecule has 14 heavy (non-hydrogen) atoms. The van der Waals surface area contributed by atoms with E-state index < -0.39 is 0 Å². The van der Waals surface area contributed by atoms with Crippen LogP contribution in [-0.2, 0) is 14.5 Å². The highest BCUT2D eigenvalue weighted by molar-refractivity contribution is 4.73. The molecule has 0 spiro atoms. The quantitative estimate of drug-likeness (QED) is 0.285. The Bertz CT molecular complexity index is 156. The average molecular weight is 200 g/mol. The maximum atomic E-state index is 5.05. The van der Waals surface area contributed by atoms with E-state index in [9.17, 15) is 0 Å². The van der Waals surface area contributed by atoms with E-state index in [0.29, 0.717) is 12.5 Å². The topological polar surface area (TPSA) is 27.7 Å². The monoisotopic (exact) mass is 200 g/mol. The molecule has 0 aliphatic rings. The number of hydrogen-bond acceptors (Lipinski definition) is 3. The van der Waals surface area contributed by atoms with Gasteiger partial charge in [0.1, 0.15) is 18.5 Å². The lowest BCUT2D eigenvalue weighted by Gasteiger charge is -2.15. The van der Waals surface area contributed by atoms with Crippen molar-refractivity contribution in [1.29, 1.82) is 0 Å². The highest BCUT2D eigenvalue weighted by atomic mass is 17.2. The molecule has 0 aromatic heterocycles. The molecule has 0 atom stereocenters. The largest absolute Gasteiger partial charge is 0.364 e. The van der Waals surface area contributed by atoms with Gasteiger partial charge in [-0.25, -0.2) is 0 Å². The first kappa shape index (κ1) is 13.5. The van der Waals surface area contributed by atoms with E-state index in [1.807, 2.05) is 34.6 Å². The van der Waals surface area contributed by atoms with Crippen molar-refractivity contribution < 1.29 is 14.5 Å². The van der Waals surface area contributed by atoms with Crippen molar-refractivity contribution in [3.05, 3.63) is 18.9 Å². The molecule has 0 aromatic rings. The molecular formula is C11H20O3. The third kappa shape index (κ3) is 11.5. The van der Waals surface area contributed by atoms with Gasteiger partial charge in [0, 0.05) is 0 Å². The van der Waals surface area contributed by atoms with Gasteiger partial charge in [0.2, 0.25) is 0 Å². The lowest BCUT2D eigenvalue weighted by molar-refractivity contribution is -0.310. The lowest BCUT2D eigenvalue weighted by atomic mass is 10.2. The standard InChI is InChI=1S/C11H20O3/c1-10(2)9-12-7-6-8-13-14-11(3,4)5/h6,8,10H,7H2,1-5H3. The van der Waals surface area contributed by atoms with Crippen LogP contribution in [0.15, 0.2) is 12.3 Å². The average Bonchev–Trinajstić information content (AvgIpc) is 2.00. The summed E-state index contributed by atoms with van der Waals surface area (Å²) in [6.45, 7) is 13.0. The first-order chi connectivity index (χ1) is 6.42. The SMILES string of the molecule is CC(C)[C]OCC=COOC(C)(C)C. The van der Waals surface area contributed by atoms with E-state index in [2.05, 4.69) is 6.61 Å². The summed E-state index contributed by atoms with van der Waals surface area (Å²) < 4.78 is 5.05. The van der Waals surface area contributed by atoms with E-state index in [1.165, 1.54) is 6.26 Å². The van der Waals surface area contributed by atoms with Crippen LogP contribution in [-0.4, -0.2) is 12.2 Å². The molecule has 2 radical (unpaired) electrons. The van der Waals surface area contributed by atoms with Crippen LogP contribution in [0.4, 0.5) is 0 Å². The highest BCUT2D eigenvalue weighted by Gasteiger charge is 2.10. The summed E-state index contributed by atoms with van der Waals surface area (Å²) in [4.78, 5) is 9.81. The summed E-state index contributed by atoms with van der Waals surface area (Å²) in [6.07, 6.45) is 3.19. The van der Waals surface area contributed by atoms with Gasteiger partial charge in [-0.1, -0.05) is 13.8 Å². The van der Waals surface area contributed by atoms with Crippen molar-refractivity contribution in [2.75, 3.05) is 6.61 Å². The van der Waals surface area contributed by atoms with Gasteiger partial charge in [-0.15, -0.1) is 0 Å². The molecule has 0 saturated heterocycles. The van der Waals surface area contributed by atoms with Gasteiger partial charge in [0.25, 0.3) is 0 Å². The summed E-state index contributed by atoms with van der Waals surface area (Å²) in [5.41, 5.74) is -0.290. The molecule has 3 nitrogen and oxygen atoms in total. The molecule has 0 saturated carbocycles. The van der Waals surface area contributed by atoms with Crippen LogP contribution >= 0.6 is 0 Å². The van der Waals surface area contributed by atoms with Crippen molar-refractivity contribution in [2.45, 2.75) is 40.2 Å². The van der Waals surface area contributed by atoms with Crippen molar-refractivity contribution in [1.82, 2.24) is 0 Å². The highest BCUT2D eigenvalue weighted by Crippen LogP contribution is 2.06. The molecule has 0 bridgehead atoms. The second-order valence-corrected chi connectivity index (χ2v) is 4.25. The Hall–Kier alpha value is -0.540. The minimum Gasteiger partial charge on any atom is -0.364 e. The molecule has 0 amide bonds. The fourth-order valence-electron chi connectivity index (χ4n) is 0.514. The van der Waals surface area contributed by atoms with Crippen LogP contribution in [0.25, 0.3) is 0 Å². The normalized spacial score (nSPS) is 12.7. The van der Waals surface area contributed by atoms with Crippen LogP contribution in [0.1, 0.15) is 34.6 Å². The van der Waals surface area contributed by atoms with Crippen LogP contribution in [0, 0.1) is 12.5 Å². The molecule has 0 N–H and O–H groups in total. The molecule has 3 heteroatoms. The van der Waals surface area contributed by atoms with Crippen molar-refractivity contribution in [3.8, 4) is 0 Å². The van der Waals surface area contributed by atoms with Gasteiger partial charge in [-0.05, 0) is 32.8 Å². The van der Waals surface area contributed by atoms with E-state index in [4.69, 9.17) is 14.5 Å². The molecule has 0 rings (SSSR count). The summed E-state index contributed by atoms with van der Waals surface area (Å²) in [7, 11) is 0. The Morgan fingerprint density at radius 1 is 1.29 bits per heavy atom. The van der Waals surface area contributed by atoms with Gasteiger partial charge in [0.05, 0.1) is 6.61 Å². The fraction of sp³-hybridized carbons (Fsp3) is 0.727. The third-order valence-electron chi connectivity index (χ3n) is 0.948. The van der Waals surface area contributed by atoms with Gasteiger partial charge in [-0.3, -0.25) is 0 Å². The van der Waals surface area contributed by atoms with E-state index >= 15 is 0 Å². The van der Waals surface area contributed by atoms with Gasteiger partial charge >= 0.3 is 0 Å². The summed E-state index contributed by atoms with van der Waals surface area (Å²) in [5.74, 6) is 0.315. The summed E-state index contributed by atoms with van der Waals surface area (Å²) in [6, 6.07) is 0. The number of ether oxygens (including phenoxy) is 1. The molecule has 82 valence electrons.